The van der Waals surface area contributed by atoms with Gasteiger partial charge in [0.15, 0.2) is 5.78 Å². The van der Waals surface area contributed by atoms with E-state index >= 15 is 0 Å². The number of carbonyl (C=O) groups excluding carboxylic acids is 3. The van der Waals surface area contributed by atoms with Gasteiger partial charge >= 0.3 is 11.9 Å². The molecule has 7 nitrogen and oxygen atoms in total. The first-order valence-corrected chi connectivity index (χ1v) is 9.74. The van der Waals surface area contributed by atoms with E-state index in [1.165, 1.54) is 13.4 Å². The number of methoxy groups -OCH3 is 1. The lowest BCUT2D eigenvalue weighted by Crippen LogP contribution is -2.64. The van der Waals surface area contributed by atoms with E-state index in [2.05, 4.69) is 0 Å². The molecule has 0 aromatic carbocycles. The smallest absolute Gasteiger partial charge is 0.310 e. The molecule has 1 aliphatic heterocycles. The highest BCUT2D eigenvalue weighted by Crippen LogP contribution is 2.64. The topological polar surface area (TPSA) is 103 Å². The number of rotatable bonds is 2. The van der Waals surface area contributed by atoms with Gasteiger partial charge in [-0.05, 0) is 42.6 Å². The summed E-state index contributed by atoms with van der Waals surface area (Å²) in [7, 11) is 1.32. The molecule has 1 N–H and O–H groups in total. The molecular formula is C21H26O7. The van der Waals surface area contributed by atoms with Gasteiger partial charge in [0.2, 0.25) is 0 Å². The van der Waals surface area contributed by atoms with Crippen molar-refractivity contribution in [2.24, 2.45) is 28.6 Å². The first kappa shape index (κ1) is 19.2. The third-order valence-electron chi connectivity index (χ3n) is 7.52. The Labute approximate surface area is 163 Å². The number of cyclic esters (lactones) is 1. The van der Waals surface area contributed by atoms with Crippen molar-refractivity contribution in [3.63, 3.8) is 0 Å². The Morgan fingerprint density at radius 2 is 2.04 bits per heavy atom. The number of Topliss-reactive ketones (excluding diaryl/α,β-unsaturated/α-hetero) is 1. The van der Waals surface area contributed by atoms with E-state index in [4.69, 9.17) is 13.9 Å². The van der Waals surface area contributed by atoms with E-state index in [9.17, 15) is 19.5 Å². The molecule has 0 radical (unpaired) electrons. The Morgan fingerprint density at radius 3 is 2.68 bits per heavy atom. The number of ether oxygens (including phenoxy) is 2. The summed E-state index contributed by atoms with van der Waals surface area (Å²) in [4.78, 5) is 38.6. The second kappa shape index (κ2) is 6.44. The van der Waals surface area contributed by atoms with Crippen molar-refractivity contribution in [2.75, 3.05) is 7.11 Å². The molecule has 2 aliphatic carbocycles. The molecule has 4 rings (SSSR count). The van der Waals surface area contributed by atoms with Crippen molar-refractivity contribution in [3.05, 3.63) is 24.2 Å². The fraction of sp³-hybridized carbons (Fsp3) is 0.667. The molecule has 1 aromatic rings. The van der Waals surface area contributed by atoms with Gasteiger partial charge in [-0.1, -0.05) is 13.8 Å². The van der Waals surface area contributed by atoms with Crippen LogP contribution < -0.4 is 0 Å². The summed E-state index contributed by atoms with van der Waals surface area (Å²) in [5.41, 5.74) is -0.656. The fourth-order valence-electron chi connectivity index (χ4n) is 6.17. The average Bonchev–Trinajstić information content (AvgIpc) is 3.18. The van der Waals surface area contributed by atoms with Gasteiger partial charge in [-0.25, -0.2) is 0 Å². The number of hydrogen-bond donors (Lipinski definition) is 1. The molecule has 7 heteroatoms. The zero-order valence-electron chi connectivity index (χ0n) is 16.3. The van der Waals surface area contributed by atoms with Gasteiger partial charge in [0.1, 0.15) is 12.2 Å². The minimum absolute atomic E-state index is 0.0643. The van der Waals surface area contributed by atoms with Gasteiger partial charge in [-0.15, -0.1) is 0 Å². The van der Waals surface area contributed by atoms with Gasteiger partial charge in [0.25, 0.3) is 0 Å². The summed E-state index contributed by atoms with van der Waals surface area (Å²) in [6.45, 7) is 3.86. The minimum Gasteiger partial charge on any atom is -0.472 e. The molecule has 2 saturated carbocycles. The van der Waals surface area contributed by atoms with Crippen LogP contribution in [-0.2, 0) is 23.9 Å². The number of ketones is 1. The highest BCUT2D eigenvalue weighted by atomic mass is 16.5. The van der Waals surface area contributed by atoms with Crippen molar-refractivity contribution in [2.45, 2.75) is 51.7 Å². The summed E-state index contributed by atoms with van der Waals surface area (Å²) in [5, 5.41) is 10.5. The van der Waals surface area contributed by atoms with Crippen LogP contribution >= 0.6 is 0 Å². The van der Waals surface area contributed by atoms with Crippen LogP contribution in [0.3, 0.4) is 0 Å². The lowest BCUT2D eigenvalue weighted by molar-refractivity contribution is -0.207. The standard InChI is InChI=1S/C21H26O7/c1-20-6-4-12-19(25)28-15(11-5-7-27-10-11)9-21(12,2)17(20)16(23)14(22)8-13(20)18(24)26-3/h5,7,10,12-15,17,22H,4,6,8-9H2,1-3H3/t12?,13-,14-,15+,17-,20-,21-/m0/s1. The third kappa shape index (κ3) is 2.55. The van der Waals surface area contributed by atoms with Crippen LogP contribution in [0.25, 0.3) is 0 Å². The molecule has 3 aliphatic rings. The molecule has 0 amide bonds. The van der Waals surface area contributed by atoms with Gasteiger partial charge in [0.05, 0.1) is 31.5 Å². The molecular weight excluding hydrogens is 364 g/mol. The monoisotopic (exact) mass is 390 g/mol. The summed E-state index contributed by atoms with van der Waals surface area (Å²) in [6.07, 6.45) is 2.88. The number of hydrogen-bond acceptors (Lipinski definition) is 7. The summed E-state index contributed by atoms with van der Waals surface area (Å²) < 4.78 is 15.8. The number of furan rings is 1. The Balaban J connectivity index is 1.79. The zero-order chi connectivity index (χ0) is 20.3. The predicted octanol–water partition coefficient (Wildman–Crippen LogP) is 2.43. The quantitative estimate of drug-likeness (QED) is 0.774. The third-order valence-corrected chi connectivity index (χ3v) is 7.52. The number of aliphatic hydroxyl groups is 1. The second-order valence-corrected chi connectivity index (χ2v) is 8.95. The normalized spacial score (nSPS) is 42.9. The molecule has 152 valence electrons. The zero-order valence-corrected chi connectivity index (χ0v) is 16.3. The van der Waals surface area contributed by atoms with Crippen LogP contribution in [-0.4, -0.2) is 36.0 Å². The maximum atomic E-state index is 13.2. The van der Waals surface area contributed by atoms with Crippen LogP contribution in [0.2, 0.25) is 0 Å². The van der Waals surface area contributed by atoms with Crippen LogP contribution in [0.15, 0.2) is 23.0 Å². The van der Waals surface area contributed by atoms with Crippen molar-refractivity contribution in [1.82, 2.24) is 0 Å². The summed E-state index contributed by atoms with van der Waals surface area (Å²) in [5.74, 6) is -2.68. The van der Waals surface area contributed by atoms with Crippen molar-refractivity contribution in [1.29, 1.82) is 0 Å². The lowest BCUT2D eigenvalue weighted by atomic mass is 9.43. The summed E-state index contributed by atoms with van der Waals surface area (Å²) in [6, 6.07) is 1.75. The molecule has 3 fully saturated rings. The van der Waals surface area contributed by atoms with Crippen molar-refractivity contribution in [3.8, 4) is 0 Å². The van der Waals surface area contributed by atoms with Crippen molar-refractivity contribution < 1.29 is 33.4 Å². The molecule has 2 heterocycles. The highest BCUT2D eigenvalue weighted by molar-refractivity contribution is 5.91. The summed E-state index contributed by atoms with van der Waals surface area (Å²) >= 11 is 0. The number of aliphatic hydroxyl groups excluding tert-OH is 1. The van der Waals surface area contributed by atoms with Gasteiger partial charge < -0.3 is 19.0 Å². The average molecular weight is 390 g/mol. The second-order valence-electron chi connectivity index (χ2n) is 8.95. The Hall–Kier alpha value is -2.15. The van der Waals surface area contributed by atoms with Crippen LogP contribution in [0.1, 0.15) is 51.2 Å². The number of fused-ring (bicyclic) bond motifs is 3. The first-order valence-electron chi connectivity index (χ1n) is 9.74. The first-order chi connectivity index (χ1) is 13.2. The maximum absolute atomic E-state index is 13.2. The van der Waals surface area contributed by atoms with Crippen LogP contribution in [0.5, 0.6) is 0 Å². The van der Waals surface area contributed by atoms with E-state index in [1.807, 2.05) is 13.8 Å². The van der Waals surface area contributed by atoms with E-state index in [1.54, 1.807) is 12.3 Å². The Bertz CT molecular complexity index is 800. The fourth-order valence-corrected chi connectivity index (χ4v) is 6.17. The molecule has 7 atom stereocenters. The largest absolute Gasteiger partial charge is 0.472 e. The molecule has 0 spiro atoms. The number of carbonyl (C=O) groups is 3. The Morgan fingerprint density at radius 1 is 1.29 bits per heavy atom. The SMILES string of the molecule is COC(=O)[C@@H]1C[C@H](O)C(=O)[C@H]2[C@@]1(C)CCC1C(=O)O[C@@H](c3ccoc3)C[C@@]12C. The van der Waals surface area contributed by atoms with E-state index in [0.717, 1.165) is 5.56 Å². The maximum Gasteiger partial charge on any atom is 0.310 e. The minimum atomic E-state index is -1.23. The Kier molecular flexibility index (Phi) is 4.41. The van der Waals surface area contributed by atoms with Crippen molar-refractivity contribution >= 4 is 17.7 Å². The molecule has 1 unspecified atom stereocenters. The molecule has 0 bridgehead atoms. The van der Waals surface area contributed by atoms with E-state index < -0.39 is 46.8 Å². The lowest BCUT2D eigenvalue weighted by Gasteiger charge is -2.60. The van der Waals surface area contributed by atoms with Gasteiger partial charge in [-0.3, -0.25) is 14.4 Å². The molecule has 1 aromatic heterocycles. The van der Waals surface area contributed by atoms with Crippen LogP contribution in [0, 0.1) is 28.6 Å². The van der Waals surface area contributed by atoms with Gasteiger partial charge in [-0.2, -0.15) is 0 Å². The highest BCUT2D eigenvalue weighted by Gasteiger charge is 2.67. The van der Waals surface area contributed by atoms with Crippen LogP contribution in [0.4, 0.5) is 0 Å². The molecule has 28 heavy (non-hydrogen) atoms. The number of esters is 2. The predicted molar refractivity (Wildman–Crippen MR) is 95.7 cm³/mol. The molecule has 1 saturated heterocycles. The van der Waals surface area contributed by atoms with E-state index in [0.29, 0.717) is 19.3 Å². The van der Waals surface area contributed by atoms with Gasteiger partial charge in [0, 0.05) is 11.5 Å². The van der Waals surface area contributed by atoms with E-state index in [-0.39, 0.29) is 18.2 Å².